The number of nitrogens with one attached hydrogen (secondary N) is 1. The minimum atomic E-state index is -0.300. The van der Waals surface area contributed by atoms with E-state index in [4.69, 9.17) is 20.2 Å². The normalized spacial score (nSPS) is 16.3. The molecule has 1 amide bonds. The van der Waals surface area contributed by atoms with Crippen LogP contribution in [0, 0.1) is 0 Å². The van der Waals surface area contributed by atoms with Crippen molar-refractivity contribution in [1.82, 2.24) is 10.2 Å². The number of nitrogens with two attached hydrogens (primary N) is 2. The summed E-state index contributed by atoms with van der Waals surface area (Å²) in [4.78, 5) is 20.1. The third-order valence-electron chi connectivity index (χ3n) is 10.3. The predicted octanol–water partition coefficient (Wildman–Crippen LogP) is 11.4. The van der Waals surface area contributed by atoms with Crippen LogP contribution in [0.1, 0.15) is 155 Å². The maximum Gasteiger partial charge on any atom is 0.411 e. The Balaban J connectivity index is 0.00000352. The number of ether oxygens (including phenoxy) is 2. The lowest BCUT2D eigenvalue weighted by Gasteiger charge is -2.31. The summed E-state index contributed by atoms with van der Waals surface area (Å²) in [5.41, 5.74) is 8.86. The first-order chi connectivity index (χ1) is 26.6. The number of nitrogens with zero attached hydrogens (tertiary/aromatic N) is 1. The Bertz CT molecular complexity index is 1150. The third-order valence-corrected chi connectivity index (χ3v) is 10.3. The molecule has 54 heavy (non-hydrogen) atoms. The van der Waals surface area contributed by atoms with Gasteiger partial charge in [0.05, 0.1) is 6.61 Å². The van der Waals surface area contributed by atoms with Gasteiger partial charge in [0.25, 0.3) is 0 Å². The zero-order chi connectivity index (χ0) is 39.5. The van der Waals surface area contributed by atoms with Crippen molar-refractivity contribution in [2.45, 2.75) is 161 Å². The van der Waals surface area contributed by atoms with Crippen LogP contribution in [0.15, 0.2) is 83.9 Å². The topological polar surface area (TPSA) is 112 Å². The van der Waals surface area contributed by atoms with E-state index in [0.717, 1.165) is 75.9 Å². The molecule has 5 N–H and O–H groups in total. The number of alkyl carbamates (subject to hydrolysis) is 1. The Morgan fingerprint density at radius 2 is 1.37 bits per heavy atom. The number of piperidine rings is 1. The molecule has 0 unspecified atom stereocenters. The Morgan fingerprint density at radius 1 is 0.815 bits per heavy atom. The van der Waals surface area contributed by atoms with Crippen LogP contribution in [0.3, 0.4) is 0 Å². The zero-order valence-corrected chi connectivity index (χ0v) is 34.9. The Morgan fingerprint density at radius 3 is 1.89 bits per heavy atom. The van der Waals surface area contributed by atoms with Crippen molar-refractivity contribution in [1.29, 1.82) is 0 Å². The molecule has 8 nitrogen and oxygen atoms in total. The van der Waals surface area contributed by atoms with Gasteiger partial charge in [0, 0.05) is 31.0 Å². The fourth-order valence-electron chi connectivity index (χ4n) is 7.19. The van der Waals surface area contributed by atoms with Gasteiger partial charge in [-0.15, -0.1) is 0 Å². The summed E-state index contributed by atoms with van der Waals surface area (Å²) in [6.45, 7) is 15.9. The SMILES string of the molecule is C=C/C(COCCCCCCCCCCCCCCCCCCN1CCC(OC(=O)NC2=C(C3=CC=CCC3)CCC=C2)CC1)=C(\C=C)ON.CC.CN. The Kier molecular flexibility index (Phi) is 31.4. The fraction of sp³-hybridized carbons (Fsp3) is 0.674. The van der Waals surface area contributed by atoms with Crippen molar-refractivity contribution in [3.63, 3.8) is 0 Å². The molecule has 0 atom stereocenters. The molecule has 1 saturated heterocycles. The number of carbonyl (C=O) groups excluding carboxylic acids is 1. The van der Waals surface area contributed by atoms with E-state index in [0.29, 0.717) is 12.4 Å². The van der Waals surface area contributed by atoms with Crippen LogP contribution < -0.4 is 16.9 Å². The highest BCUT2D eigenvalue weighted by Gasteiger charge is 2.23. The minimum absolute atomic E-state index is 0.0204. The number of unbranched alkanes of at least 4 members (excludes halogenated alkanes) is 15. The van der Waals surface area contributed by atoms with Gasteiger partial charge < -0.3 is 24.9 Å². The second-order valence-electron chi connectivity index (χ2n) is 14.2. The van der Waals surface area contributed by atoms with Crippen molar-refractivity contribution in [2.24, 2.45) is 11.6 Å². The second kappa shape index (κ2) is 34.6. The van der Waals surface area contributed by atoms with Gasteiger partial charge >= 0.3 is 6.09 Å². The lowest BCUT2D eigenvalue weighted by Crippen LogP contribution is -2.39. The van der Waals surface area contributed by atoms with Crippen molar-refractivity contribution >= 4 is 6.09 Å². The number of hydrogen-bond acceptors (Lipinski definition) is 7. The summed E-state index contributed by atoms with van der Waals surface area (Å²) >= 11 is 0. The number of allylic oxidation sites excluding steroid dienone is 8. The van der Waals surface area contributed by atoms with Crippen LogP contribution >= 0.6 is 0 Å². The van der Waals surface area contributed by atoms with Crippen LogP contribution in [-0.4, -0.2) is 57.0 Å². The molecule has 8 heteroatoms. The van der Waals surface area contributed by atoms with Gasteiger partial charge in [-0.05, 0) is 88.3 Å². The van der Waals surface area contributed by atoms with Crippen molar-refractivity contribution in [3.05, 3.63) is 83.9 Å². The summed E-state index contributed by atoms with van der Waals surface area (Å²) in [6, 6.07) is 0. The van der Waals surface area contributed by atoms with Crippen LogP contribution in [0.5, 0.6) is 0 Å². The van der Waals surface area contributed by atoms with Gasteiger partial charge in [-0.1, -0.05) is 147 Å². The first-order valence-corrected chi connectivity index (χ1v) is 21.6. The van der Waals surface area contributed by atoms with Crippen LogP contribution in [0.2, 0.25) is 0 Å². The molecule has 0 bridgehead atoms. The fourth-order valence-corrected chi connectivity index (χ4v) is 7.19. The number of amides is 1. The average Bonchev–Trinajstić information content (AvgIpc) is 3.22. The highest BCUT2D eigenvalue weighted by atomic mass is 16.6. The summed E-state index contributed by atoms with van der Waals surface area (Å²) in [5, 5.41) is 3.06. The monoisotopic (exact) mass is 753 g/mol. The first-order valence-electron chi connectivity index (χ1n) is 21.6. The predicted molar refractivity (Wildman–Crippen MR) is 230 cm³/mol. The van der Waals surface area contributed by atoms with E-state index in [1.165, 1.54) is 121 Å². The molecule has 3 rings (SSSR count). The molecule has 0 saturated carbocycles. The van der Waals surface area contributed by atoms with E-state index in [9.17, 15) is 4.79 Å². The summed E-state index contributed by atoms with van der Waals surface area (Å²) in [5.74, 6) is 5.76. The highest BCUT2D eigenvalue weighted by Crippen LogP contribution is 2.29. The molecule has 0 aromatic heterocycles. The third kappa shape index (κ3) is 22.5. The maximum atomic E-state index is 12.7. The lowest BCUT2D eigenvalue weighted by atomic mass is 9.90. The lowest BCUT2D eigenvalue weighted by molar-refractivity contribution is 0.0519. The Hall–Kier alpha value is -2.91. The van der Waals surface area contributed by atoms with E-state index < -0.39 is 0 Å². The second-order valence-corrected chi connectivity index (χ2v) is 14.2. The number of hydrogen-bond donors (Lipinski definition) is 3. The van der Waals surface area contributed by atoms with E-state index in [-0.39, 0.29) is 12.2 Å². The van der Waals surface area contributed by atoms with Crippen molar-refractivity contribution in [2.75, 3.05) is 39.9 Å². The van der Waals surface area contributed by atoms with E-state index in [2.05, 4.69) is 59.5 Å². The molecule has 1 fully saturated rings. The van der Waals surface area contributed by atoms with Crippen LogP contribution in [0.4, 0.5) is 4.79 Å². The molecule has 1 aliphatic heterocycles. The van der Waals surface area contributed by atoms with Gasteiger partial charge in [0.2, 0.25) is 0 Å². The molecule has 2 aliphatic carbocycles. The molecule has 0 aromatic rings. The molecule has 0 spiro atoms. The van der Waals surface area contributed by atoms with Gasteiger partial charge in [0.1, 0.15) is 6.10 Å². The number of rotatable bonds is 27. The average molecular weight is 753 g/mol. The summed E-state index contributed by atoms with van der Waals surface area (Å²) < 4.78 is 11.6. The van der Waals surface area contributed by atoms with Crippen molar-refractivity contribution < 1.29 is 19.1 Å². The number of likely N-dealkylation sites (tertiary alicyclic amines) is 1. The molecule has 0 radical (unpaired) electrons. The van der Waals surface area contributed by atoms with E-state index in [1.54, 1.807) is 12.2 Å². The quantitative estimate of drug-likeness (QED) is 0.0331. The smallest absolute Gasteiger partial charge is 0.411 e. The molecule has 3 aliphatic rings. The van der Waals surface area contributed by atoms with Gasteiger partial charge in [-0.3, -0.25) is 5.32 Å². The molecular formula is C46H80N4O4. The maximum absolute atomic E-state index is 12.7. The highest BCUT2D eigenvalue weighted by molar-refractivity contribution is 5.71. The van der Waals surface area contributed by atoms with Gasteiger partial charge in [0.15, 0.2) is 5.76 Å². The van der Waals surface area contributed by atoms with Gasteiger partial charge in [-0.2, -0.15) is 5.90 Å². The standard InChI is InChI=1S/C43H69N3O4.C2H6.CH5N/c1-3-37(42(4-2)50-44)36-48-35-25-18-16-14-12-10-8-6-5-7-9-11-13-15-17-24-32-46-33-30-39(31-34-46)49-43(47)45-41-29-23-22-28-40(41)38-26-20-19-21-27-38;2*1-2/h3-4,19-20,23,26,29,39H,1-2,5-18,21-22,24-25,27-28,30-36,44H2,(H,45,47);1-2H3;2H2,1H3/b42-37-;;. The largest absolute Gasteiger partial charge is 0.446 e. The first kappa shape index (κ1) is 49.1. The molecule has 1 heterocycles. The summed E-state index contributed by atoms with van der Waals surface area (Å²) in [6.07, 6.45) is 41.1. The van der Waals surface area contributed by atoms with Crippen LogP contribution in [-0.2, 0) is 14.3 Å². The molecule has 0 aromatic carbocycles. The van der Waals surface area contributed by atoms with Gasteiger partial charge in [-0.25, -0.2) is 4.79 Å². The minimum Gasteiger partial charge on any atom is -0.446 e. The van der Waals surface area contributed by atoms with E-state index in [1.807, 2.05) is 13.8 Å². The van der Waals surface area contributed by atoms with Crippen molar-refractivity contribution in [3.8, 4) is 0 Å². The molecule has 308 valence electrons. The zero-order valence-electron chi connectivity index (χ0n) is 34.9. The molecular weight excluding hydrogens is 673 g/mol. The summed E-state index contributed by atoms with van der Waals surface area (Å²) in [7, 11) is 1.50. The van der Waals surface area contributed by atoms with E-state index >= 15 is 0 Å². The Labute approximate surface area is 331 Å². The van der Waals surface area contributed by atoms with Crippen LogP contribution in [0.25, 0.3) is 0 Å². The number of carbonyl (C=O) groups is 1.